The second-order valence-electron chi connectivity index (χ2n) is 10.2. The highest BCUT2D eigenvalue weighted by molar-refractivity contribution is 5.71. The lowest BCUT2D eigenvalue weighted by molar-refractivity contribution is -0.696. The number of methoxy groups -OCH3 is 2. The van der Waals surface area contributed by atoms with Gasteiger partial charge in [0, 0.05) is 24.3 Å². The molecule has 0 saturated carbocycles. The lowest BCUT2D eigenvalue weighted by atomic mass is 10.1. The molecule has 0 aliphatic carbocycles. The third-order valence-corrected chi connectivity index (χ3v) is 7.22. The average Bonchev–Trinajstić information content (AvgIpc) is 3.09. The molecule has 0 atom stereocenters. The molecule has 222 valence electrons. The Balaban J connectivity index is 1.29. The van der Waals surface area contributed by atoms with Gasteiger partial charge in [-0.1, -0.05) is 72.8 Å². The summed E-state index contributed by atoms with van der Waals surface area (Å²) in [6, 6.07) is 38.5. The van der Waals surface area contributed by atoms with Crippen LogP contribution >= 0.6 is 0 Å². The minimum absolute atomic E-state index is 0.488. The molecule has 0 aliphatic rings. The first-order valence-corrected chi connectivity index (χ1v) is 14.8. The number of aromatic nitrogens is 1. The first kappa shape index (κ1) is 30.2. The molecule has 44 heavy (non-hydrogen) atoms. The van der Waals surface area contributed by atoms with Crippen molar-refractivity contribution in [3.63, 3.8) is 0 Å². The molecular weight excluding hydrogens is 546 g/mol. The van der Waals surface area contributed by atoms with Crippen LogP contribution in [-0.2, 0) is 19.8 Å². The number of hydrogen-bond acceptors (Lipinski definition) is 4. The van der Waals surface area contributed by atoms with E-state index in [-0.39, 0.29) is 0 Å². The summed E-state index contributed by atoms with van der Waals surface area (Å²) in [5.74, 6) is 2.85. The van der Waals surface area contributed by atoms with Crippen molar-refractivity contribution >= 4 is 24.3 Å². The Bertz CT molecular complexity index is 1590. The maximum atomic E-state index is 6.02. The van der Waals surface area contributed by atoms with Gasteiger partial charge < -0.3 is 18.9 Å². The lowest BCUT2D eigenvalue weighted by Crippen LogP contribution is -2.38. The van der Waals surface area contributed by atoms with Gasteiger partial charge in [0.25, 0.3) is 0 Å². The molecule has 5 heteroatoms. The van der Waals surface area contributed by atoms with E-state index in [1.54, 1.807) is 14.2 Å². The van der Waals surface area contributed by atoms with Crippen LogP contribution in [0.25, 0.3) is 24.3 Å². The Morgan fingerprint density at radius 2 is 0.955 bits per heavy atom. The van der Waals surface area contributed by atoms with Crippen LogP contribution in [0.3, 0.4) is 0 Å². The molecule has 0 N–H and O–H groups in total. The maximum absolute atomic E-state index is 6.02. The van der Waals surface area contributed by atoms with E-state index in [4.69, 9.17) is 18.9 Å². The predicted octanol–water partition coefficient (Wildman–Crippen LogP) is 8.51. The van der Waals surface area contributed by atoms with Crippen molar-refractivity contribution in [1.29, 1.82) is 0 Å². The van der Waals surface area contributed by atoms with E-state index in [0.717, 1.165) is 51.7 Å². The Morgan fingerprint density at radius 1 is 0.500 bits per heavy atom. The maximum Gasteiger partial charge on any atom is 0.205 e. The van der Waals surface area contributed by atoms with Crippen molar-refractivity contribution in [2.75, 3.05) is 14.2 Å². The Labute approximate surface area is 260 Å². The Hall–Kier alpha value is -5.29. The van der Waals surface area contributed by atoms with Crippen LogP contribution < -0.4 is 23.5 Å². The van der Waals surface area contributed by atoms with Crippen molar-refractivity contribution in [1.82, 2.24) is 0 Å². The molecule has 0 bridgehead atoms. The highest BCUT2D eigenvalue weighted by Crippen LogP contribution is 2.31. The highest BCUT2D eigenvalue weighted by Gasteiger charge is 2.12. The Morgan fingerprint density at radius 3 is 1.36 bits per heavy atom. The highest BCUT2D eigenvalue weighted by atomic mass is 16.5. The van der Waals surface area contributed by atoms with Gasteiger partial charge in [-0.15, -0.1) is 0 Å². The summed E-state index contributed by atoms with van der Waals surface area (Å²) < 4.78 is 25.6. The molecule has 5 aromatic rings. The largest absolute Gasteiger partial charge is 0.493 e. The predicted molar refractivity (Wildman–Crippen MR) is 178 cm³/mol. The number of hydrogen-bond donors (Lipinski definition) is 0. The molecule has 0 spiro atoms. The quantitative estimate of drug-likeness (QED) is 0.130. The van der Waals surface area contributed by atoms with Gasteiger partial charge in [-0.2, -0.15) is 4.57 Å². The zero-order chi connectivity index (χ0) is 30.6. The van der Waals surface area contributed by atoms with Gasteiger partial charge in [0.05, 0.1) is 14.2 Å². The lowest BCUT2D eigenvalue weighted by Gasteiger charge is -2.11. The van der Waals surface area contributed by atoms with Crippen molar-refractivity contribution in [3.05, 3.63) is 149 Å². The molecule has 4 aromatic carbocycles. The number of rotatable bonds is 13. The van der Waals surface area contributed by atoms with Gasteiger partial charge in [-0.3, -0.25) is 0 Å². The summed E-state index contributed by atoms with van der Waals surface area (Å²) in [5, 5.41) is 0. The van der Waals surface area contributed by atoms with E-state index in [0.29, 0.717) is 24.7 Å². The smallest absolute Gasteiger partial charge is 0.205 e. The summed E-state index contributed by atoms with van der Waals surface area (Å²) in [7, 11) is 3.33. The third-order valence-electron chi connectivity index (χ3n) is 7.22. The minimum Gasteiger partial charge on any atom is -0.493 e. The SMILES string of the molecule is CC[n+]1c(/C=C/c2ccc(OCc3ccccc3)c(OC)c2)cccc1/C=C/c1ccc(OCc2ccccc2)c(OC)c1. The van der Waals surface area contributed by atoms with Gasteiger partial charge in [0.1, 0.15) is 19.8 Å². The standard InChI is InChI=1S/C39H38NO4/c1-4-40-34(22-18-30-20-24-36(38(26-30)41-2)43-28-32-12-7-5-8-13-32)16-11-17-35(40)23-19-31-21-25-37(39(27-31)42-3)44-29-33-14-9-6-10-15-33/h5-27H,4,28-29H2,1-3H3/q+1/b22-18+,23-19+. The van der Waals surface area contributed by atoms with E-state index >= 15 is 0 Å². The van der Waals surface area contributed by atoms with Gasteiger partial charge in [0.2, 0.25) is 11.4 Å². The van der Waals surface area contributed by atoms with Gasteiger partial charge in [-0.25, -0.2) is 0 Å². The van der Waals surface area contributed by atoms with Crippen molar-refractivity contribution in [3.8, 4) is 23.0 Å². The first-order valence-electron chi connectivity index (χ1n) is 14.8. The zero-order valence-corrected chi connectivity index (χ0v) is 25.5. The van der Waals surface area contributed by atoms with E-state index < -0.39 is 0 Å². The average molecular weight is 585 g/mol. The van der Waals surface area contributed by atoms with E-state index in [1.807, 2.05) is 97.1 Å². The monoisotopic (exact) mass is 584 g/mol. The molecule has 0 unspecified atom stereocenters. The summed E-state index contributed by atoms with van der Waals surface area (Å²) in [6.07, 6.45) is 8.44. The number of nitrogens with zero attached hydrogens (tertiary/aromatic N) is 1. The van der Waals surface area contributed by atoms with Crippen molar-refractivity contribution in [2.24, 2.45) is 0 Å². The number of ether oxygens (including phenoxy) is 4. The third kappa shape index (κ3) is 7.96. The van der Waals surface area contributed by atoms with Crippen LogP contribution in [0.5, 0.6) is 23.0 Å². The molecule has 1 aromatic heterocycles. The summed E-state index contributed by atoms with van der Waals surface area (Å²) in [5.41, 5.74) is 6.47. The summed E-state index contributed by atoms with van der Waals surface area (Å²) in [4.78, 5) is 0. The fourth-order valence-corrected chi connectivity index (χ4v) is 4.88. The Kier molecular flexibility index (Phi) is 10.5. The van der Waals surface area contributed by atoms with Crippen LogP contribution in [0.2, 0.25) is 0 Å². The molecule has 0 fully saturated rings. The summed E-state index contributed by atoms with van der Waals surface area (Å²) >= 11 is 0. The van der Waals surface area contributed by atoms with E-state index in [1.165, 1.54) is 0 Å². The van der Waals surface area contributed by atoms with Crippen LogP contribution in [0.15, 0.2) is 115 Å². The molecule has 0 aliphatic heterocycles. The van der Waals surface area contributed by atoms with Crippen molar-refractivity contribution < 1.29 is 23.5 Å². The van der Waals surface area contributed by atoms with Gasteiger partial charge in [-0.05, 0) is 71.7 Å². The topological polar surface area (TPSA) is 40.8 Å². The van der Waals surface area contributed by atoms with Gasteiger partial charge in [0.15, 0.2) is 23.0 Å². The van der Waals surface area contributed by atoms with Gasteiger partial charge >= 0.3 is 0 Å². The molecule has 5 rings (SSSR count). The summed E-state index contributed by atoms with van der Waals surface area (Å²) in [6.45, 7) is 3.95. The zero-order valence-electron chi connectivity index (χ0n) is 25.5. The van der Waals surface area contributed by atoms with Crippen LogP contribution in [0.1, 0.15) is 40.6 Å². The minimum atomic E-state index is 0.488. The fraction of sp³-hybridized carbons (Fsp3) is 0.154. The first-order chi connectivity index (χ1) is 21.7. The number of benzene rings is 4. The molecule has 5 nitrogen and oxygen atoms in total. The van der Waals surface area contributed by atoms with Crippen LogP contribution in [0.4, 0.5) is 0 Å². The normalized spacial score (nSPS) is 11.2. The van der Waals surface area contributed by atoms with Crippen molar-refractivity contribution in [2.45, 2.75) is 26.7 Å². The molecule has 0 saturated heterocycles. The van der Waals surface area contributed by atoms with E-state index in [2.05, 4.69) is 54.0 Å². The van der Waals surface area contributed by atoms with Crippen LogP contribution in [-0.4, -0.2) is 14.2 Å². The molecule has 1 heterocycles. The van der Waals surface area contributed by atoms with Crippen LogP contribution in [0, 0.1) is 0 Å². The molecule has 0 amide bonds. The van der Waals surface area contributed by atoms with E-state index in [9.17, 15) is 0 Å². The fourth-order valence-electron chi connectivity index (χ4n) is 4.88. The molecule has 0 radical (unpaired) electrons. The molecular formula is C39H38NO4+. The second-order valence-corrected chi connectivity index (χ2v) is 10.2. The second kappa shape index (κ2) is 15.3. The number of pyridine rings is 1.